The van der Waals surface area contributed by atoms with Crippen molar-refractivity contribution in [2.45, 2.75) is 238 Å². The maximum atomic E-state index is 12.8. The highest BCUT2D eigenvalue weighted by molar-refractivity contribution is 5.72. The lowest BCUT2D eigenvalue weighted by molar-refractivity contribution is -0.887. The summed E-state index contributed by atoms with van der Waals surface area (Å²) in [6.45, 7) is 4.62. The number of likely N-dealkylation sites (N-methyl/N-ethyl adjacent to an activating group) is 1. The Hall–Kier alpha value is -3.23. The normalized spacial score (nSPS) is 13.4. The number of carbonyl (C=O) groups is 3. The lowest BCUT2D eigenvalue weighted by Crippen LogP contribution is -2.50. The third-order valence-corrected chi connectivity index (χ3v) is 11.8. The molecule has 0 spiro atoms. The molecule has 0 radical (unpaired) electrons. The molecule has 0 saturated carbocycles. The van der Waals surface area contributed by atoms with E-state index >= 15 is 0 Å². The van der Waals surface area contributed by atoms with Crippen LogP contribution in [0.3, 0.4) is 0 Å². The lowest BCUT2D eigenvalue weighted by Gasteiger charge is -2.31. The van der Waals surface area contributed by atoms with Gasteiger partial charge in [0.2, 0.25) is 0 Å². The standard InChI is InChI=1S/C58H101NO7/c1-6-8-10-12-14-16-18-20-22-24-26-28-30-32-34-36-38-40-42-44-46-48-56(60)65-53-54(52-64-51-50-55(58(62)63)59(3,4)5)66-57(61)49-47-45-43-41-39-37-35-33-31-29-27-25-23-21-19-17-15-13-11-9-7-2/h9,11,15,17-18,20-21,23-24,26-27,29,54-55H,6-8,10,12-14,16,19,22,25,28,30-53H2,1-5H3/p+1/b11-9-,17-15-,20-18-,23-21-,26-24-,29-27-. The van der Waals surface area contributed by atoms with Crippen LogP contribution in [0.5, 0.6) is 0 Å². The van der Waals surface area contributed by atoms with Crippen molar-refractivity contribution in [1.29, 1.82) is 0 Å². The van der Waals surface area contributed by atoms with Crippen molar-refractivity contribution in [2.75, 3.05) is 41.0 Å². The van der Waals surface area contributed by atoms with Gasteiger partial charge in [0.25, 0.3) is 0 Å². The van der Waals surface area contributed by atoms with Crippen molar-refractivity contribution < 1.29 is 38.2 Å². The zero-order valence-electron chi connectivity index (χ0n) is 43.4. The number of esters is 2. The number of carboxylic acids is 1. The zero-order valence-corrected chi connectivity index (χ0v) is 43.4. The number of unbranched alkanes of at least 4 members (excludes halogenated alkanes) is 22. The average Bonchev–Trinajstić information content (AvgIpc) is 3.28. The predicted octanol–water partition coefficient (Wildman–Crippen LogP) is 15.9. The molecule has 0 amide bonds. The molecule has 0 aromatic rings. The maximum absolute atomic E-state index is 12.8. The fourth-order valence-electron chi connectivity index (χ4n) is 7.70. The SMILES string of the molecule is CC/C=C\C/C=C\C/C=C\C/C=C\CCCCCCCCCCC(=O)OC(COCCC(C(=O)O)[N+](C)(C)C)COC(=O)CCCCCCCCCCC/C=C\C/C=C\CCCCCCC. The number of hydrogen-bond acceptors (Lipinski definition) is 6. The van der Waals surface area contributed by atoms with Gasteiger partial charge in [0.1, 0.15) is 6.61 Å². The molecule has 2 atom stereocenters. The highest BCUT2D eigenvalue weighted by Crippen LogP contribution is 2.15. The number of rotatable bonds is 48. The summed E-state index contributed by atoms with van der Waals surface area (Å²) in [5.74, 6) is -1.48. The van der Waals surface area contributed by atoms with Crippen LogP contribution in [0.1, 0.15) is 226 Å². The van der Waals surface area contributed by atoms with E-state index in [1.54, 1.807) is 0 Å². The van der Waals surface area contributed by atoms with Gasteiger partial charge in [-0.25, -0.2) is 4.79 Å². The second kappa shape index (κ2) is 48.2. The Bertz CT molecular complexity index is 1310. The first-order valence-corrected chi connectivity index (χ1v) is 27.0. The molecule has 0 aliphatic rings. The number of aliphatic carboxylic acids is 1. The topological polar surface area (TPSA) is 99.1 Å². The van der Waals surface area contributed by atoms with Gasteiger partial charge in [0.05, 0.1) is 34.4 Å². The molecule has 0 aromatic heterocycles. The fourth-order valence-corrected chi connectivity index (χ4v) is 7.70. The summed E-state index contributed by atoms with van der Waals surface area (Å²) in [4.78, 5) is 37.2. The molecule has 380 valence electrons. The molecule has 2 unspecified atom stereocenters. The Balaban J connectivity index is 4.24. The number of ether oxygens (including phenoxy) is 3. The van der Waals surface area contributed by atoms with Crippen LogP contribution in [0, 0.1) is 0 Å². The molecule has 0 heterocycles. The maximum Gasteiger partial charge on any atom is 0.362 e. The van der Waals surface area contributed by atoms with Crippen LogP contribution in [0.2, 0.25) is 0 Å². The third kappa shape index (κ3) is 45.9. The van der Waals surface area contributed by atoms with E-state index in [1.807, 2.05) is 21.1 Å². The van der Waals surface area contributed by atoms with E-state index in [9.17, 15) is 19.5 Å². The summed E-state index contributed by atoms with van der Waals surface area (Å²) in [5, 5.41) is 9.67. The predicted molar refractivity (Wildman–Crippen MR) is 280 cm³/mol. The fraction of sp³-hybridized carbons (Fsp3) is 0.741. The van der Waals surface area contributed by atoms with Crippen LogP contribution in [-0.2, 0) is 28.6 Å². The Morgan fingerprint density at radius 1 is 0.470 bits per heavy atom. The van der Waals surface area contributed by atoms with E-state index in [-0.39, 0.29) is 36.2 Å². The Morgan fingerprint density at radius 3 is 1.26 bits per heavy atom. The number of nitrogens with zero attached hydrogens (tertiary/aromatic N) is 1. The molecule has 0 fully saturated rings. The van der Waals surface area contributed by atoms with Crippen LogP contribution in [-0.4, -0.2) is 80.6 Å². The average molecular weight is 925 g/mol. The third-order valence-electron chi connectivity index (χ3n) is 11.8. The van der Waals surface area contributed by atoms with Gasteiger partial charge in [0.15, 0.2) is 12.1 Å². The molecular weight excluding hydrogens is 823 g/mol. The molecule has 0 saturated heterocycles. The van der Waals surface area contributed by atoms with Crippen LogP contribution < -0.4 is 0 Å². The minimum atomic E-state index is -0.878. The molecular formula is C58H102NO7+. The molecule has 0 bridgehead atoms. The van der Waals surface area contributed by atoms with Crippen molar-refractivity contribution in [3.05, 3.63) is 72.9 Å². The van der Waals surface area contributed by atoms with Crippen molar-refractivity contribution in [3.63, 3.8) is 0 Å². The van der Waals surface area contributed by atoms with Gasteiger partial charge in [-0.2, -0.15) is 0 Å². The Morgan fingerprint density at radius 2 is 0.848 bits per heavy atom. The van der Waals surface area contributed by atoms with Crippen molar-refractivity contribution in [3.8, 4) is 0 Å². The highest BCUT2D eigenvalue weighted by Gasteiger charge is 2.31. The van der Waals surface area contributed by atoms with Crippen LogP contribution >= 0.6 is 0 Å². The minimum Gasteiger partial charge on any atom is -0.477 e. The molecule has 0 aliphatic carbocycles. The van der Waals surface area contributed by atoms with Gasteiger partial charge in [-0.05, 0) is 83.5 Å². The first-order valence-electron chi connectivity index (χ1n) is 27.0. The molecule has 0 aromatic carbocycles. The largest absolute Gasteiger partial charge is 0.477 e. The van der Waals surface area contributed by atoms with Gasteiger partial charge < -0.3 is 23.8 Å². The summed E-state index contributed by atoms with van der Waals surface area (Å²) < 4.78 is 17.4. The van der Waals surface area contributed by atoms with E-state index < -0.39 is 18.1 Å². The van der Waals surface area contributed by atoms with Crippen LogP contribution in [0.4, 0.5) is 0 Å². The molecule has 8 heteroatoms. The zero-order chi connectivity index (χ0) is 48.4. The number of allylic oxidation sites excluding steroid dienone is 12. The second-order valence-corrected chi connectivity index (χ2v) is 19.1. The van der Waals surface area contributed by atoms with E-state index in [1.165, 1.54) is 116 Å². The van der Waals surface area contributed by atoms with E-state index in [2.05, 4.69) is 86.8 Å². The van der Waals surface area contributed by atoms with Gasteiger partial charge in [-0.15, -0.1) is 0 Å². The van der Waals surface area contributed by atoms with E-state index in [4.69, 9.17) is 14.2 Å². The van der Waals surface area contributed by atoms with Gasteiger partial charge in [-0.3, -0.25) is 9.59 Å². The molecule has 0 aliphatic heterocycles. The van der Waals surface area contributed by atoms with Gasteiger partial charge in [0, 0.05) is 19.3 Å². The first kappa shape index (κ1) is 62.8. The van der Waals surface area contributed by atoms with Gasteiger partial charge >= 0.3 is 17.9 Å². The second-order valence-electron chi connectivity index (χ2n) is 19.1. The summed E-state index contributed by atoms with van der Waals surface area (Å²) in [6.07, 6.45) is 62.3. The quantitative estimate of drug-likeness (QED) is 0.0281. The smallest absolute Gasteiger partial charge is 0.362 e. The summed E-state index contributed by atoms with van der Waals surface area (Å²) in [5.41, 5.74) is 0. The van der Waals surface area contributed by atoms with E-state index in [0.29, 0.717) is 19.3 Å². The number of quaternary nitrogens is 1. The monoisotopic (exact) mass is 925 g/mol. The molecule has 66 heavy (non-hydrogen) atoms. The Kier molecular flexibility index (Phi) is 45.9. The molecule has 1 N–H and O–H groups in total. The summed E-state index contributed by atoms with van der Waals surface area (Å²) >= 11 is 0. The van der Waals surface area contributed by atoms with Crippen molar-refractivity contribution >= 4 is 17.9 Å². The molecule has 0 rings (SSSR count). The highest BCUT2D eigenvalue weighted by atomic mass is 16.6. The molecule has 8 nitrogen and oxygen atoms in total. The summed E-state index contributed by atoms with van der Waals surface area (Å²) in [6, 6.07) is -0.621. The van der Waals surface area contributed by atoms with Gasteiger partial charge in [-0.1, -0.05) is 196 Å². The first-order chi connectivity index (χ1) is 32.1. The van der Waals surface area contributed by atoms with Crippen LogP contribution in [0.15, 0.2) is 72.9 Å². The van der Waals surface area contributed by atoms with E-state index in [0.717, 1.165) is 77.0 Å². The number of carboxylic acid groups (broad SMARTS) is 1. The van der Waals surface area contributed by atoms with Crippen LogP contribution in [0.25, 0.3) is 0 Å². The Labute approximate surface area is 406 Å². The lowest BCUT2D eigenvalue weighted by atomic mass is 10.1. The number of hydrogen-bond donors (Lipinski definition) is 1. The van der Waals surface area contributed by atoms with Crippen molar-refractivity contribution in [2.24, 2.45) is 0 Å². The number of carbonyl (C=O) groups excluding carboxylic acids is 2. The summed E-state index contributed by atoms with van der Waals surface area (Å²) in [7, 11) is 5.53. The minimum absolute atomic E-state index is 0.0540. The van der Waals surface area contributed by atoms with Crippen molar-refractivity contribution in [1.82, 2.24) is 0 Å².